The second-order valence-corrected chi connectivity index (χ2v) is 4.27. The van der Waals surface area contributed by atoms with Gasteiger partial charge in [-0.05, 0) is 6.92 Å². The molecule has 0 saturated carbocycles. The van der Waals surface area contributed by atoms with Crippen molar-refractivity contribution >= 4 is 11.9 Å². The summed E-state index contributed by atoms with van der Waals surface area (Å²) < 4.78 is 4.32. The summed E-state index contributed by atoms with van der Waals surface area (Å²) in [5.74, 6) is -1.32. The number of carbonyl (C=O) groups excluding carboxylic acids is 2. The Hall–Kier alpha value is -1.10. The predicted octanol–water partition coefficient (Wildman–Crippen LogP) is 0.0302. The molecule has 0 bridgehead atoms. The van der Waals surface area contributed by atoms with Gasteiger partial charge in [-0.25, -0.2) is 4.79 Å². The van der Waals surface area contributed by atoms with Crippen molar-refractivity contribution in [3.05, 3.63) is 0 Å². The molecule has 0 aromatic carbocycles. The highest BCUT2D eigenvalue weighted by molar-refractivity contribution is 5.88. The van der Waals surface area contributed by atoms with Gasteiger partial charge in [0.05, 0.1) is 7.11 Å². The molecule has 0 aliphatic carbocycles. The van der Waals surface area contributed by atoms with Crippen LogP contribution in [0.2, 0.25) is 0 Å². The van der Waals surface area contributed by atoms with Crippen molar-refractivity contribution in [3.63, 3.8) is 0 Å². The molecule has 1 atom stereocenters. The number of rotatable bonds is 2. The lowest BCUT2D eigenvalue weighted by atomic mass is 9.95. The van der Waals surface area contributed by atoms with Crippen molar-refractivity contribution in [2.75, 3.05) is 7.11 Å². The molecule has 14 heavy (non-hydrogen) atoms. The molecule has 5 nitrogen and oxygen atoms in total. The number of nitrogens with one attached hydrogen (secondary N) is 1. The zero-order chi connectivity index (χ0) is 11.6. The topological polar surface area (TPSA) is 75.6 Å². The Bertz CT molecular complexity index is 240. The van der Waals surface area contributed by atoms with Crippen LogP contribution in [0.15, 0.2) is 0 Å². The van der Waals surface area contributed by atoms with Crippen LogP contribution in [-0.2, 0) is 14.3 Å². The van der Waals surface area contributed by atoms with Gasteiger partial charge in [-0.2, -0.15) is 0 Å². The lowest BCUT2D eigenvalue weighted by Crippen LogP contribution is -2.55. The third-order valence-electron chi connectivity index (χ3n) is 1.62. The van der Waals surface area contributed by atoms with Crippen molar-refractivity contribution in [2.24, 2.45) is 5.41 Å². The molecular formula is C9H17NO4. The van der Waals surface area contributed by atoms with Crippen LogP contribution in [0.25, 0.3) is 0 Å². The minimum absolute atomic E-state index is 0.423. The molecule has 0 spiro atoms. The Morgan fingerprint density at radius 2 is 1.64 bits per heavy atom. The highest BCUT2D eigenvalue weighted by atomic mass is 16.5. The van der Waals surface area contributed by atoms with Gasteiger partial charge in [-0.3, -0.25) is 4.79 Å². The first kappa shape index (κ1) is 12.9. The van der Waals surface area contributed by atoms with E-state index >= 15 is 0 Å². The number of aliphatic hydroxyl groups is 1. The fourth-order valence-electron chi connectivity index (χ4n) is 0.658. The second-order valence-electron chi connectivity index (χ2n) is 4.27. The van der Waals surface area contributed by atoms with Crippen LogP contribution < -0.4 is 5.32 Å². The first-order valence-electron chi connectivity index (χ1n) is 4.24. The van der Waals surface area contributed by atoms with Gasteiger partial charge < -0.3 is 15.2 Å². The number of hydrogen-bond acceptors (Lipinski definition) is 4. The standard InChI is InChI=1S/C9H17NO4/c1-8(2,3)6(11)10-9(4,13)7(12)14-5/h13H,1-5H3,(H,10,11). The summed E-state index contributed by atoms with van der Waals surface area (Å²) in [4.78, 5) is 22.4. The number of methoxy groups -OCH3 is 1. The van der Waals surface area contributed by atoms with Crippen LogP contribution in [-0.4, -0.2) is 29.8 Å². The molecule has 0 aliphatic heterocycles. The summed E-state index contributed by atoms with van der Waals surface area (Å²) in [6, 6.07) is 0. The summed E-state index contributed by atoms with van der Waals surface area (Å²) in [5.41, 5.74) is -2.64. The summed E-state index contributed by atoms with van der Waals surface area (Å²) in [6.45, 7) is 6.20. The van der Waals surface area contributed by atoms with E-state index in [1.807, 2.05) is 0 Å². The van der Waals surface area contributed by atoms with Gasteiger partial charge in [0.15, 0.2) is 0 Å². The van der Waals surface area contributed by atoms with Gasteiger partial charge in [0, 0.05) is 5.41 Å². The molecule has 0 fully saturated rings. The Morgan fingerprint density at radius 1 is 1.21 bits per heavy atom. The van der Waals surface area contributed by atoms with Gasteiger partial charge in [0.1, 0.15) is 0 Å². The third kappa shape index (κ3) is 3.33. The SMILES string of the molecule is COC(=O)C(C)(O)NC(=O)C(C)(C)C. The van der Waals surface area contributed by atoms with Crippen molar-refractivity contribution in [3.8, 4) is 0 Å². The van der Waals surface area contributed by atoms with E-state index in [-0.39, 0.29) is 0 Å². The third-order valence-corrected chi connectivity index (χ3v) is 1.62. The van der Waals surface area contributed by atoms with Crippen LogP contribution in [0.1, 0.15) is 27.7 Å². The van der Waals surface area contributed by atoms with Gasteiger partial charge in [0.25, 0.3) is 0 Å². The molecule has 1 unspecified atom stereocenters. The monoisotopic (exact) mass is 203 g/mol. The first-order valence-corrected chi connectivity index (χ1v) is 4.24. The zero-order valence-corrected chi connectivity index (χ0v) is 9.17. The molecule has 0 saturated heterocycles. The molecule has 0 aliphatic rings. The summed E-state index contributed by atoms with van der Waals surface area (Å²) in [6.07, 6.45) is 0. The van der Waals surface area contributed by atoms with Gasteiger partial charge in [-0.1, -0.05) is 20.8 Å². The normalized spacial score (nSPS) is 15.6. The lowest BCUT2D eigenvalue weighted by Gasteiger charge is -2.26. The van der Waals surface area contributed by atoms with E-state index in [0.29, 0.717) is 0 Å². The molecule has 82 valence electrons. The molecule has 5 heteroatoms. The van der Waals surface area contributed by atoms with E-state index < -0.39 is 23.0 Å². The van der Waals surface area contributed by atoms with E-state index in [1.54, 1.807) is 20.8 Å². The van der Waals surface area contributed by atoms with Crippen LogP contribution in [0.4, 0.5) is 0 Å². The average molecular weight is 203 g/mol. The molecular weight excluding hydrogens is 186 g/mol. The molecule has 0 heterocycles. The van der Waals surface area contributed by atoms with Crippen molar-refractivity contribution in [2.45, 2.75) is 33.4 Å². The number of esters is 1. The summed E-state index contributed by atoms with van der Waals surface area (Å²) >= 11 is 0. The molecule has 0 rings (SSSR count). The van der Waals surface area contributed by atoms with E-state index in [2.05, 4.69) is 10.1 Å². The minimum atomic E-state index is -1.97. The summed E-state index contributed by atoms with van der Waals surface area (Å²) in [7, 11) is 1.14. The van der Waals surface area contributed by atoms with Crippen LogP contribution >= 0.6 is 0 Å². The number of hydrogen-bond donors (Lipinski definition) is 2. The average Bonchev–Trinajstić information content (AvgIpc) is 2.00. The predicted molar refractivity (Wildman–Crippen MR) is 50.2 cm³/mol. The lowest BCUT2D eigenvalue weighted by molar-refractivity contribution is -0.168. The van der Waals surface area contributed by atoms with Crippen LogP contribution in [0.5, 0.6) is 0 Å². The molecule has 0 aromatic rings. The maximum atomic E-state index is 11.4. The fourth-order valence-corrected chi connectivity index (χ4v) is 0.658. The van der Waals surface area contributed by atoms with E-state index in [9.17, 15) is 14.7 Å². The highest BCUT2D eigenvalue weighted by Crippen LogP contribution is 2.14. The molecule has 0 radical (unpaired) electrons. The Balaban J connectivity index is 4.53. The fraction of sp³-hybridized carbons (Fsp3) is 0.778. The van der Waals surface area contributed by atoms with Gasteiger partial charge in [-0.15, -0.1) is 0 Å². The smallest absolute Gasteiger partial charge is 0.359 e. The van der Waals surface area contributed by atoms with Crippen LogP contribution in [0.3, 0.4) is 0 Å². The summed E-state index contributed by atoms with van der Waals surface area (Å²) in [5, 5.41) is 11.7. The van der Waals surface area contributed by atoms with E-state index in [1.165, 1.54) is 6.92 Å². The van der Waals surface area contributed by atoms with Crippen molar-refractivity contribution < 1.29 is 19.4 Å². The number of ether oxygens (including phenoxy) is 1. The second kappa shape index (κ2) is 3.96. The Labute approximate surface area is 83.4 Å². The van der Waals surface area contributed by atoms with Gasteiger partial charge >= 0.3 is 5.97 Å². The number of carbonyl (C=O) groups is 2. The molecule has 1 amide bonds. The van der Waals surface area contributed by atoms with E-state index in [4.69, 9.17) is 0 Å². The van der Waals surface area contributed by atoms with Crippen molar-refractivity contribution in [1.82, 2.24) is 5.32 Å². The quantitative estimate of drug-likeness (QED) is 0.490. The van der Waals surface area contributed by atoms with Crippen molar-refractivity contribution in [1.29, 1.82) is 0 Å². The Kier molecular flexibility index (Phi) is 3.65. The van der Waals surface area contributed by atoms with Crippen LogP contribution in [0, 0.1) is 5.41 Å². The molecule has 0 aromatic heterocycles. The first-order chi connectivity index (χ1) is 6.11. The maximum Gasteiger partial charge on any atom is 0.359 e. The molecule has 2 N–H and O–H groups in total. The minimum Gasteiger partial charge on any atom is -0.465 e. The van der Waals surface area contributed by atoms with E-state index in [0.717, 1.165) is 7.11 Å². The zero-order valence-electron chi connectivity index (χ0n) is 9.17. The van der Waals surface area contributed by atoms with Gasteiger partial charge in [0.2, 0.25) is 11.6 Å². The Morgan fingerprint density at radius 3 is 1.93 bits per heavy atom. The largest absolute Gasteiger partial charge is 0.465 e. The highest BCUT2D eigenvalue weighted by Gasteiger charge is 2.36. The maximum absolute atomic E-state index is 11.4. The number of amides is 1.